The standard InChI is InChI=1S/C30H26O12/c31-13-22-26(38)27(39)30(42-23(37)10-3-14-1-6-16(32)7-2-14)29(41-22)25-19(35)11-18(34)24-20(36)12-21(40-28(24)25)15-4-8-17(33)9-5-15/h1-12,22,26-27,29-35,38-39H,13H2/b10-3+/t22-,26-,27+,29+,30-/m1/s1. The van der Waals surface area contributed by atoms with Gasteiger partial charge in [-0.25, -0.2) is 4.79 Å². The van der Waals surface area contributed by atoms with Crippen molar-refractivity contribution in [2.45, 2.75) is 30.5 Å². The molecule has 0 bridgehead atoms. The quantitative estimate of drug-likeness (QED) is 0.130. The number of carbonyl (C=O) groups excluding carboxylic acids is 1. The molecule has 1 aliphatic rings. The minimum Gasteiger partial charge on any atom is -0.508 e. The van der Waals surface area contributed by atoms with Crippen LogP contribution in [0.5, 0.6) is 23.0 Å². The topological polar surface area (TPSA) is 207 Å². The lowest BCUT2D eigenvalue weighted by Crippen LogP contribution is -2.56. The van der Waals surface area contributed by atoms with Crippen molar-refractivity contribution in [3.63, 3.8) is 0 Å². The predicted molar refractivity (Wildman–Crippen MR) is 147 cm³/mol. The van der Waals surface area contributed by atoms with E-state index < -0.39 is 60.0 Å². The third-order valence-electron chi connectivity index (χ3n) is 6.86. The zero-order valence-electron chi connectivity index (χ0n) is 21.7. The maximum Gasteiger partial charge on any atom is 0.331 e. The molecule has 1 aromatic heterocycles. The van der Waals surface area contributed by atoms with Crippen molar-refractivity contribution in [1.29, 1.82) is 0 Å². The van der Waals surface area contributed by atoms with Crippen LogP contribution in [0, 0.1) is 0 Å². The van der Waals surface area contributed by atoms with Gasteiger partial charge < -0.3 is 49.6 Å². The lowest BCUT2D eigenvalue weighted by molar-refractivity contribution is -0.239. The van der Waals surface area contributed by atoms with Gasteiger partial charge in [0.25, 0.3) is 0 Å². The summed E-state index contributed by atoms with van der Waals surface area (Å²) in [6, 6.07) is 13.5. The van der Waals surface area contributed by atoms with Crippen LogP contribution in [0.15, 0.2) is 76.0 Å². The fraction of sp³-hybridized carbons (Fsp3) is 0.200. The monoisotopic (exact) mass is 578 g/mol. The summed E-state index contributed by atoms with van der Waals surface area (Å²) in [5, 5.41) is 71.5. The molecule has 218 valence electrons. The Kier molecular flexibility index (Phi) is 7.87. The molecule has 5 atom stereocenters. The second-order valence-electron chi connectivity index (χ2n) is 9.64. The number of fused-ring (bicyclic) bond motifs is 1. The molecule has 7 N–H and O–H groups in total. The Balaban J connectivity index is 1.61. The second kappa shape index (κ2) is 11.5. The van der Waals surface area contributed by atoms with Crippen LogP contribution in [0.25, 0.3) is 28.4 Å². The first-order chi connectivity index (χ1) is 20.1. The first-order valence-electron chi connectivity index (χ1n) is 12.7. The average molecular weight is 579 g/mol. The van der Waals surface area contributed by atoms with Crippen LogP contribution in [0.3, 0.4) is 0 Å². The fourth-order valence-electron chi connectivity index (χ4n) is 4.74. The third-order valence-corrected chi connectivity index (χ3v) is 6.86. The Hall–Kier alpha value is -4.88. The average Bonchev–Trinajstić information content (AvgIpc) is 2.96. The molecule has 0 radical (unpaired) electrons. The molecular formula is C30H26O12. The molecule has 0 amide bonds. The van der Waals surface area contributed by atoms with E-state index in [-0.39, 0.29) is 33.8 Å². The SMILES string of the molecule is O=C(/C=C/c1ccc(O)cc1)O[C@@H]1[C@@H](O)[C@H](O)[C@@H](CO)O[C@H]1c1c(O)cc(O)c2c(=O)cc(-c3ccc(O)cc3)oc12. The van der Waals surface area contributed by atoms with Crippen LogP contribution in [-0.2, 0) is 14.3 Å². The number of hydrogen-bond donors (Lipinski definition) is 7. The number of aliphatic hydroxyl groups is 3. The number of hydrogen-bond acceptors (Lipinski definition) is 12. The van der Waals surface area contributed by atoms with Crippen molar-refractivity contribution in [3.8, 4) is 34.3 Å². The molecule has 0 saturated carbocycles. The first kappa shape index (κ1) is 28.6. The van der Waals surface area contributed by atoms with Gasteiger partial charge >= 0.3 is 5.97 Å². The van der Waals surface area contributed by atoms with Crippen LogP contribution in [0.4, 0.5) is 0 Å². The molecule has 0 spiro atoms. The Morgan fingerprint density at radius 1 is 0.881 bits per heavy atom. The zero-order chi connectivity index (χ0) is 30.1. The molecule has 1 aliphatic heterocycles. The summed E-state index contributed by atoms with van der Waals surface area (Å²) >= 11 is 0. The Morgan fingerprint density at radius 3 is 2.17 bits per heavy atom. The molecule has 0 unspecified atom stereocenters. The van der Waals surface area contributed by atoms with Gasteiger partial charge in [0.2, 0.25) is 0 Å². The summed E-state index contributed by atoms with van der Waals surface area (Å²) in [7, 11) is 0. The molecule has 3 aromatic carbocycles. The summed E-state index contributed by atoms with van der Waals surface area (Å²) in [5.41, 5.74) is -0.484. The van der Waals surface area contributed by atoms with Gasteiger partial charge in [0.05, 0.1) is 12.2 Å². The maximum atomic E-state index is 13.1. The van der Waals surface area contributed by atoms with E-state index in [0.29, 0.717) is 11.1 Å². The number of aromatic hydroxyl groups is 4. The summed E-state index contributed by atoms with van der Waals surface area (Å²) in [5.74, 6) is -2.30. The molecular weight excluding hydrogens is 552 g/mol. The molecule has 4 aromatic rings. The summed E-state index contributed by atoms with van der Waals surface area (Å²) in [4.78, 5) is 25.9. The van der Waals surface area contributed by atoms with E-state index in [1.807, 2.05) is 0 Å². The molecule has 1 saturated heterocycles. The van der Waals surface area contributed by atoms with Gasteiger partial charge in [0.1, 0.15) is 58.6 Å². The van der Waals surface area contributed by atoms with Gasteiger partial charge in [0.15, 0.2) is 17.1 Å². The number of phenolic OH excluding ortho intramolecular Hbond substituents is 4. The minimum absolute atomic E-state index is 0.0146. The van der Waals surface area contributed by atoms with Gasteiger partial charge in [0, 0.05) is 23.8 Å². The van der Waals surface area contributed by atoms with Crippen LogP contribution in [-0.4, -0.2) is 72.7 Å². The van der Waals surface area contributed by atoms with Crippen molar-refractivity contribution in [3.05, 3.63) is 88.1 Å². The number of phenols is 4. The molecule has 1 fully saturated rings. The van der Waals surface area contributed by atoms with E-state index in [2.05, 4.69) is 0 Å². The Bertz CT molecular complexity index is 1690. The highest BCUT2D eigenvalue weighted by atomic mass is 16.6. The van der Waals surface area contributed by atoms with E-state index in [4.69, 9.17) is 13.9 Å². The van der Waals surface area contributed by atoms with Gasteiger partial charge in [-0.15, -0.1) is 0 Å². The van der Waals surface area contributed by atoms with Crippen LogP contribution >= 0.6 is 0 Å². The largest absolute Gasteiger partial charge is 0.508 e. The van der Waals surface area contributed by atoms with E-state index in [0.717, 1.165) is 18.2 Å². The van der Waals surface area contributed by atoms with Crippen molar-refractivity contribution in [1.82, 2.24) is 0 Å². The normalized spacial score (nSPS) is 22.4. The fourth-order valence-corrected chi connectivity index (χ4v) is 4.74. The van der Waals surface area contributed by atoms with Crippen molar-refractivity contribution in [2.24, 2.45) is 0 Å². The molecule has 12 heteroatoms. The number of benzene rings is 3. The highest BCUT2D eigenvalue weighted by Gasteiger charge is 2.48. The van der Waals surface area contributed by atoms with Gasteiger partial charge in [-0.1, -0.05) is 12.1 Å². The molecule has 2 heterocycles. The van der Waals surface area contributed by atoms with Crippen molar-refractivity contribution in [2.75, 3.05) is 6.61 Å². The lowest BCUT2D eigenvalue weighted by atomic mass is 9.89. The van der Waals surface area contributed by atoms with Crippen molar-refractivity contribution >= 4 is 23.0 Å². The Labute approximate surface area is 237 Å². The summed E-state index contributed by atoms with van der Waals surface area (Å²) < 4.78 is 17.2. The summed E-state index contributed by atoms with van der Waals surface area (Å²) in [6.45, 7) is -0.768. The highest BCUT2D eigenvalue weighted by Crippen LogP contribution is 2.44. The molecule has 12 nitrogen and oxygen atoms in total. The minimum atomic E-state index is -1.83. The van der Waals surface area contributed by atoms with E-state index in [1.165, 1.54) is 54.6 Å². The lowest BCUT2D eigenvalue weighted by Gasteiger charge is -2.41. The number of ether oxygens (including phenoxy) is 2. The van der Waals surface area contributed by atoms with Crippen LogP contribution < -0.4 is 5.43 Å². The first-order valence-corrected chi connectivity index (χ1v) is 12.7. The highest BCUT2D eigenvalue weighted by molar-refractivity contribution is 5.90. The smallest absolute Gasteiger partial charge is 0.331 e. The van der Waals surface area contributed by atoms with E-state index in [1.54, 1.807) is 0 Å². The molecule has 0 aliphatic carbocycles. The van der Waals surface area contributed by atoms with Gasteiger partial charge in [-0.05, 0) is 48.0 Å². The van der Waals surface area contributed by atoms with E-state index >= 15 is 0 Å². The molecule has 42 heavy (non-hydrogen) atoms. The number of aliphatic hydroxyl groups excluding tert-OH is 3. The Morgan fingerprint density at radius 2 is 1.52 bits per heavy atom. The number of esters is 1. The van der Waals surface area contributed by atoms with Crippen LogP contribution in [0.1, 0.15) is 17.2 Å². The third kappa shape index (κ3) is 5.51. The predicted octanol–water partition coefficient (Wildman–Crippen LogP) is 2.06. The maximum absolute atomic E-state index is 13.1. The number of rotatable bonds is 6. The van der Waals surface area contributed by atoms with E-state index in [9.17, 15) is 45.3 Å². The number of carbonyl (C=O) groups is 1. The van der Waals surface area contributed by atoms with Gasteiger partial charge in [-0.2, -0.15) is 0 Å². The van der Waals surface area contributed by atoms with Crippen LogP contribution in [0.2, 0.25) is 0 Å². The second-order valence-corrected chi connectivity index (χ2v) is 9.64. The van der Waals surface area contributed by atoms with Gasteiger partial charge in [-0.3, -0.25) is 4.79 Å². The summed E-state index contributed by atoms with van der Waals surface area (Å²) in [6.07, 6.45) is -5.84. The zero-order valence-corrected chi connectivity index (χ0v) is 21.7. The molecule has 5 rings (SSSR count). The van der Waals surface area contributed by atoms with Crippen molar-refractivity contribution < 1.29 is 54.4 Å².